The number of ether oxygens (including phenoxy) is 3. The van der Waals surface area contributed by atoms with Gasteiger partial charge in [0.25, 0.3) is 0 Å². The van der Waals surface area contributed by atoms with Crippen LogP contribution in [0.1, 0.15) is 271 Å². The number of aliphatic hydroxyl groups excluding tert-OH is 5. The maximum atomic E-state index is 13.0. The summed E-state index contributed by atoms with van der Waals surface area (Å²) in [5.74, 6) is -0.219. The first-order valence-electron chi connectivity index (χ1n) is 32.4. The van der Waals surface area contributed by atoms with Crippen LogP contribution in [0.25, 0.3) is 0 Å². The summed E-state index contributed by atoms with van der Waals surface area (Å²) in [7, 11) is 0. The van der Waals surface area contributed by atoms with Crippen LogP contribution in [-0.4, -0.2) is 100 Å². The molecule has 1 aliphatic rings. The molecule has 7 atom stereocenters. The molecule has 0 aliphatic carbocycles. The van der Waals surface area contributed by atoms with Crippen molar-refractivity contribution in [3.05, 3.63) is 85.1 Å². The van der Waals surface area contributed by atoms with Gasteiger partial charge in [-0.05, 0) is 109 Å². The van der Waals surface area contributed by atoms with Crippen LogP contribution in [0.3, 0.4) is 0 Å². The summed E-state index contributed by atoms with van der Waals surface area (Å²) in [4.78, 5) is 25.1. The zero-order valence-corrected chi connectivity index (χ0v) is 50.3. The molecule has 0 bridgehead atoms. The number of carbonyl (C=O) groups is 2. The zero-order valence-electron chi connectivity index (χ0n) is 50.3. The minimum Gasteiger partial charge on any atom is -0.466 e. The molecule has 6 N–H and O–H groups in total. The summed E-state index contributed by atoms with van der Waals surface area (Å²) < 4.78 is 16.7. The van der Waals surface area contributed by atoms with Crippen LogP contribution in [0.15, 0.2) is 85.1 Å². The Balaban J connectivity index is 2.01. The van der Waals surface area contributed by atoms with Gasteiger partial charge in [0.05, 0.1) is 32.0 Å². The van der Waals surface area contributed by atoms with Crippen molar-refractivity contribution in [3.63, 3.8) is 0 Å². The predicted octanol–water partition coefficient (Wildman–Crippen LogP) is 15.7. The van der Waals surface area contributed by atoms with E-state index in [0.717, 1.165) is 109 Å². The first-order valence-corrected chi connectivity index (χ1v) is 32.4. The number of allylic oxidation sites excluding steroid dienone is 13. The van der Waals surface area contributed by atoms with E-state index in [1.807, 2.05) is 6.08 Å². The fourth-order valence-corrected chi connectivity index (χ4v) is 9.54. The molecule has 1 amide bonds. The van der Waals surface area contributed by atoms with Crippen LogP contribution in [-0.2, 0) is 23.8 Å². The highest BCUT2D eigenvalue weighted by molar-refractivity contribution is 5.76. The van der Waals surface area contributed by atoms with E-state index < -0.39 is 49.5 Å². The number of nitrogens with one attached hydrogen (secondary N) is 1. The summed E-state index contributed by atoms with van der Waals surface area (Å²) in [5.41, 5.74) is 0. The molecule has 0 spiro atoms. The van der Waals surface area contributed by atoms with Crippen LogP contribution < -0.4 is 5.32 Å². The van der Waals surface area contributed by atoms with Crippen LogP contribution >= 0.6 is 0 Å². The zero-order chi connectivity index (χ0) is 57.3. The smallest absolute Gasteiger partial charge is 0.305 e. The molecule has 11 nitrogen and oxygen atoms in total. The van der Waals surface area contributed by atoms with Crippen molar-refractivity contribution in [3.8, 4) is 0 Å². The van der Waals surface area contributed by atoms with Crippen molar-refractivity contribution in [1.82, 2.24) is 5.32 Å². The predicted molar refractivity (Wildman–Crippen MR) is 329 cm³/mol. The second-order valence-electron chi connectivity index (χ2n) is 22.1. The molecular formula is C68H119NO10. The fourth-order valence-electron chi connectivity index (χ4n) is 9.54. The Kier molecular flexibility index (Phi) is 53.0. The second-order valence-corrected chi connectivity index (χ2v) is 22.1. The Labute approximate surface area is 483 Å². The van der Waals surface area contributed by atoms with E-state index in [2.05, 4.69) is 92.1 Å². The summed E-state index contributed by atoms with van der Waals surface area (Å²) >= 11 is 0. The average Bonchev–Trinajstić information content (AvgIpc) is 3.48. The lowest BCUT2D eigenvalue weighted by Gasteiger charge is -2.40. The third-order valence-electron chi connectivity index (χ3n) is 14.6. The van der Waals surface area contributed by atoms with Crippen molar-refractivity contribution >= 4 is 11.9 Å². The molecule has 1 aliphatic heterocycles. The number of hydrogen-bond donors (Lipinski definition) is 6. The van der Waals surface area contributed by atoms with Crippen molar-refractivity contribution < 1.29 is 49.3 Å². The van der Waals surface area contributed by atoms with E-state index in [0.29, 0.717) is 19.4 Å². The molecule has 456 valence electrons. The molecule has 1 rings (SSSR count). The van der Waals surface area contributed by atoms with Crippen LogP contribution in [0.2, 0.25) is 0 Å². The maximum Gasteiger partial charge on any atom is 0.305 e. The minimum atomic E-state index is -1.58. The number of rotatable bonds is 55. The van der Waals surface area contributed by atoms with Gasteiger partial charge in [0.15, 0.2) is 6.29 Å². The molecule has 79 heavy (non-hydrogen) atoms. The molecule has 0 aromatic rings. The lowest BCUT2D eigenvalue weighted by atomic mass is 9.99. The molecule has 0 aromatic heterocycles. The van der Waals surface area contributed by atoms with Crippen molar-refractivity contribution in [2.75, 3.05) is 19.8 Å². The standard InChI is InChI=1S/C68H119NO10/c1-3-5-7-9-11-13-15-31-36-40-44-48-52-56-64(73)77-57-53-49-45-41-37-33-30-28-26-24-22-20-18-16-17-19-21-23-25-27-29-32-35-39-43-47-51-55-63(72)69-60(59-78-68-67(76)66(75)65(74)62(58-70)79-68)61(71)54-50-46-42-38-34-14-12-10-8-6-4-2/h7-10,13,15-17,20,22,34,38,50,54,60-62,65-68,70-71,74-76H,3-6,11-12,14,18-19,21,23-33,35-37,39-49,51-53,55-59H2,1-2H3,(H,69,72)/b9-7-,10-8+,15-13-,17-16-,22-20-,38-34+,54-50+. The molecule has 0 saturated carbocycles. The van der Waals surface area contributed by atoms with E-state index >= 15 is 0 Å². The highest BCUT2D eigenvalue weighted by atomic mass is 16.7. The normalized spacial score (nSPS) is 19.0. The first-order chi connectivity index (χ1) is 38.7. The molecule has 0 radical (unpaired) electrons. The molecule has 7 unspecified atom stereocenters. The Morgan fingerprint density at radius 1 is 0.468 bits per heavy atom. The molecular weight excluding hydrogens is 991 g/mol. The SMILES string of the molecule is CCC/C=C\C/C=C\CCCCCCCC(=O)OCCCCCCCCCCC/C=C\C/C=C\CCCCCCCCCCCCCC(=O)NC(COC1OC(CO)C(O)C(O)C1O)C(O)/C=C/CC/C=C/CC/C=C/CCC. The van der Waals surface area contributed by atoms with Crippen molar-refractivity contribution in [2.45, 2.75) is 314 Å². The number of aliphatic hydroxyl groups is 5. The molecule has 0 aromatic carbocycles. The number of hydrogen-bond acceptors (Lipinski definition) is 10. The summed E-state index contributed by atoms with van der Waals surface area (Å²) in [5, 5.41) is 54.3. The van der Waals surface area contributed by atoms with Crippen molar-refractivity contribution in [2.24, 2.45) is 0 Å². The van der Waals surface area contributed by atoms with Gasteiger partial charge in [-0.2, -0.15) is 0 Å². The van der Waals surface area contributed by atoms with Crippen LogP contribution in [0.4, 0.5) is 0 Å². The Bertz CT molecular complexity index is 1590. The van der Waals surface area contributed by atoms with E-state index in [-0.39, 0.29) is 18.5 Å². The summed E-state index contributed by atoms with van der Waals surface area (Å²) in [6.45, 7) is 4.17. The number of unbranched alkanes of at least 4 members (excludes halogenated alkanes) is 29. The van der Waals surface area contributed by atoms with E-state index in [1.54, 1.807) is 6.08 Å². The Hall–Kier alpha value is -3.16. The third kappa shape index (κ3) is 46.1. The number of esters is 1. The second kappa shape index (κ2) is 56.7. The number of amides is 1. The first kappa shape index (κ1) is 73.9. The van der Waals surface area contributed by atoms with Crippen LogP contribution in [0, 0.1) is 0 Å². The highest BCUT2D eigenvalue weighted by Crippen LogP contribution is 2.23. The largest absolute Gasteiger partial charge is 0.466 e. The summed E-state index contributed by atoms with van der Waals surface area (Å²) in [6.07, 6.45) is 67.0. The molecule has 1 saturated heterocycles. The quantitative estimate of drug-likeness (QED) is 0.0195. The van der Waals surface area contributed by atoms with E-state index in [4.69, 9.17) is 14.2 Å². The van der Waals surface area contributed by atoms with Gasteiger partial charge in [-0.25, -0.2) is 0 Å². The maximum absolute atomic E-state index is 13.0. The van der Waals surface area contributed by atoms with Crippen LogP contribution in [0.5, 0.6) is 0 Å². The van der Waals surface area contributed by atoms with Gasteiger partial charge in [-0.3, -0.25) is 9.59 Å². The Morgan fingerprint density at radius 3 is 1.33 bits per heavy atom. The molecule has 1 heterocycles. The molecule has 11 heteroatoms. The van der Waals surface area contributed by atoms with Gasteiger partial charge in [0.2, 0.25) is 5.91 Å². The van der Waals surface area contributed by atoms with Gasteiger partial charge < -0.3 is 45.1 Å². The van der Waals surface area contributed by atoms with Gasteiger partial charge >= 0.3 is 5.97 Å². The lowest BCUT2D eigenvalue weighted by Crippen LogP contribution is -2.60. The minimum absolute atomic E-state index is 0.0160. The topological polar surface area (TPSA) is 175 Å². The monoisotopic (exact) mass is 1110 g/mol. The van der Waals surface area contributed by atoms with Gasteiger partial charge in [0, 0.05) is 12.8 Å². The molecule has 1 fully saturated rings. The lowest BCUT2D eigenvalue weighted by molar-refractivity contribution is -0.302. The third-order valence-corrected chi connectivity index (χ3v) is 14.6. The van der Waals surface area contributed by atoms with E-state index in [1.165, 1.54) is 135 Å². The van der Waals surface area contributed by atoms with Gasteiger partial charge in [0.1, 0.15) is 24.4 Å². The Morgan fingerprint density at radius 2 is 0.861 bits per heavy atom. The number of carbonyl (C=O) groups excluding carboxylic acids is 2. The summed E-state index contributed by atoms with van der Waals surface area (Å²) in [6, 6.07) is -0.838. The van der Waals surface area contributed by atoms with E-state index in [9.17, 15) is 35.1 Å². The van der Waals surface area contributed by atoms with Gasteiger partial charge in [-0.15, -0.1) is 0 Å². The van der Waals surface area contributed by atoms with Gasteiger partial charge in [-0.1, -0.05) is 234 Å². The average molecular weight is 1110 g/mol. The fraction of sp³-hybridized carbons (Fsp3) is 0.765. The highest BCUT2D eigenvalue weighted by Gasteiger charge is 2.44. The van der Waals surface area contributed by atoms with Crippen molar-refractivity contribution in [1.29, 1.82) is 0 Å².